The summed E-state index contributed by atoms with van der Waals surface area (Å²) in [6.07, 6.45) is 0.731. The Balaban J connectivity index is 2.43. The fraction of sp³-hybridized carbons (Fsp3) is 0.929. The molecule has 1 fully saturated rings. The van der Waals surface area contributed by atoms with Crippen molar-refractivity contribution in [2.45, 2.75) is 52.7 Å². The molecule has 2 atom stereocenters. The molecule has 0 aromatic heterocycles. The van der Waals surface area contributed by atoms with E-state index in [0.29, 0.717) is 12.5 Å². The number of ether oxygens (including phenoxy) is 1. The number of rotatable bonds is 4. The first-order valence-electron chi connectivity index (χ1n) is 7.05. The van der Waals surface area contributed by atoms with Gasteiger partial charge in [0, 0.05) is 12.6 Å². The van der Waals surface area contributed by atoms with Crippen LogP contribution in [0.25, 0.3) is 0 Å². The predicted octanol–water partition coefficient (Wildman–Crippen LogP) is 1.47. The topological polar surface area (TPSA) is 76.4 Å². The van der Waals surface area contributed by atoms with Crippen molar-refractivity contribution in [3.8, 4) is 0 Å². The number of nitrogens with one attached hydrogen (secondary N) is 2. The molecule has 0 bridgehead atoms. The molecule has 1 aliphatic rings. The molecule has 0 aliphatic carbocycles. The van der Waals surface area contributed by atoms with Gasteiger partial charge in [-0.1, -0.05) is 13.8 Å². The summed E-state index contributed by atoms with van der Waals surface area (Å²) in [5, 5.41) is 6.15. The number of carbonyl (C=O) groups excluding carboxylic acids is 1. The van der Waals surface area contributed by atoms with Gasteiger partial charge in [0.15, 0.2) is 0 Å². The molecule has 5 heteroatoms. The summed E-state index contributed by atoms with van der Waals surface area (Å²) in [7, 11) is 0. The van der Waals surface area contributed by atoms with E-state index in [4.69, 9.17) is 10.5 Å². The molecule has 1 amide bonds. The molecule has 1 heterocycles. The average molecular weight is 271 g/mol. The molecule has 2 unspecified atom stereocenters. The summed E-state index contributed by atoms with van der Waals surface area (Å²) in [4.78, 5) is 11.7. The maximum absolute atomic E-state index is 11.7. The van der Waals surface area contributed by atoms with Gasteiger partial charge in [0.2, 0.25) is 0 Å². The number of amides is 1. The van der Waals surface area contributed by atoms with Gasteiger partial charge in [-0.05, 0) is 51.6 Å². The van der Waals surface area contributed by atoms with Gasteiger partial charge < -0.3 is 21.1 Å². The Morgan fingerprint density at radius 2 is 2.05 bits per heavy atom. The second kappa shape index (κ2) is 6.09. The van der Waals surface area contributed by atoms with E-state index in [2.05, 4.69) is 24.5 Å². The molecule has 0 spiro atoms. The van der Waals surface area contributed by atoms with Gasteiger partial charge in [-0.25, -0.2) is 4.79 Å². The molecule has 19 heavy (non-hydrogen) atoms. The minimum atomic E-state index is -0.467. The SMILES string of the molecule is CC(C)(C)OC(=O)NCC(C)(C)C(N)C1CCNC1. The number of nitrogens with two attached hydrogens (primary N) is 1. The molecule has 5 nitrogen and oxygen atoms in total. The Labute approximate surface area is 116 Å². The maximum atomic E-state index is 11.7. The van der Waals surface area contributed by atoms with Crippen LogP contribution in [0, 0.1) is 11.3 Å². The Kier molecular flexibility index (Phi) is 5.21. The predicted molar refractivity (Wildman–Crippen MR) is 77.0 cm³/mol. The first-order chi connectivity index (χ1) is 8.62. The first-order valence-corrected chi connectivity index (χ1v) is 7.05. The van der Waals surface area contributed by atoms with Gasteiger partial charge in [0.05, 0.1) is 0 Å². The molecule has 1 aliphatic heterocycles. The van der Waals surface area contributed by atoms with E-state index >= 15 is 0 Å². The number of hydrogen-bond acceptors (Lipinski definition) is 4. The van der Waals surface area contributed by atoms with E-state index in [0.717, 1.165) is 19.5 Å². The van der Waals surface area contributed by atoms with Crippen molar-refractivity contribution >= 4 is 6.09 Å². The zero-order valence-corrected chi connectivity index (χ0v) is 12.9. The molecule has 0 radical (unpaired) electrons. The molecule has 4 N–H and O–H groups in total. The Hall–Kier alpha value is -0.810. The summed E-state index contributed by atoms with van der Waals surface area (Å²) in [5.41, 5.74) is 5.73. The fourth-order valence-corrected chi connectivity index (χ4v) is 2.35. The van der Waals surface area contributed by atoms with Gasteiger partial charge in [-0.2, -0.15) is 0 Å². The zero-order chi connectivity index (χ0) is 14.7. The highest BCUT2D eigenvalue weighted by atomic mass is 16.6. The quantitative estimate of drug-likeness (QED) is 0.724. The van der Waals surface area contributed by atoms with Crippen LogP contribution in [0.15, 0.2) is 0 Å². The molecule has 1 saturated heterocycles. The Bertz CT molecular complexity index is 304. The lowest BCUT2D eigenvalue weighted by Gasteiger charge is -2.35. The van der Waals surface area contributed by atoms with Gasteiger partial charge in [0.25, 0.3) is 0 Å². The molecular weight excluding hydrogens is 242 g/mol. The Morgan fingerprint density at radius 1 is 1.42 bits per heavy atom. The van der Waals surface area contributed by atoms with E-state index in [1.807, 2.05) is 20.8 Å². The van der Waals surface area contributed by atoms with Crippen LogP contribution >= 0.6 is 0 Å². The summed E-state index contributed by atoms with van der Waals surface area (Å²) in [6, 6.07) is 0.0671. The van der Waals surface area contributed by atoms with Crippen LogP contribution in [0.5, 0.6) is 0 Å². The van der Waals surface area contributed by atoms with Crippen LogP contribution in [-0.2, 0) is 4.74 Å². The van der Waals surface area contributed by atoms with Crippen molar-refractivity contribution in [3.05, 3.63) is 0 Å². The average Bonchev–Trinajstić information content (AvgIpc) is 2.76. The van der Waals surface area contributed by atoms with Gasteiger partial charge >= 0.3 is 6.09 Å². The lowest BCUT2D eigenvalue weighted by Crippen LogP contribution is -2.50. The van der Waals surface area contributed by atoms with Crippen LogP contribution in [-0.4, -0.2) is 37.4 Å². The minimum absolute atomic E-state index is 0.0671. The second-order valence-electron chi connectivity index (χ2n) is 7.12. The van der Waals surface area contributed by atoms with Crippen LogP contribution in [0.4, 0.5) is 4.79 Å². The summed E-state index contributed by atoms with van der Waals surface area (Å²) in [6.45, 7) is 12.3. The van der Waals surface area contributed by atoms with E-state index in [1.165, 1.54) is 0 Å². The first kappa shape index (κ1) is 16.2. The molecule has 0 saturated carbocycles. The minimum Gasteiger partial charge on any atom is -0.444 e. The fourth-order valence-electron chi connectivity index (χ4n) is 2.35. The lowest BCUT2D eigenvalue weighted by atomic mass is 9.77. The van der Waals surface area contributed by atoms with Crippen molar-refractivity contribution in [1.82, 2.24) is 10.6 Å². The third-order valence-corrected chi connectivity index (χ3v) is 3.60. The van der Waals surface area contributed by atoms with E-state index in [1.54, 1.807) is 0 Å². The number of hydrogen-bond donors (Lipinski definition) is 3. The highest BCUT2D eigenvalue weighted by Gasteiger charge is 2.34. The normalized spacial score (nSPS) is 22.1. The third kappa shape index (κ3) is 5.37. The monoisotopic (exact) mass is 271 g/mol. The summed E-state index contributed by atoms with van der Waals surface area (Å²) >= 11 is 0. The van der Waals surface area contributed by atoms with Crippen LogP contribution in [0.3, 0.4) is 0 Å². The third-order valence-electron chi connectivity index (χ3n) is 3.60. The van der Waals surface area contributed by atoms with E-state index < -0.39 is 5.60 Å². The molecule has 1 rings (SSSR count). The largest absolute Gasteiger partial charge is 0.444 e. The van der Waals surface area contributed by atoms with Gasteiger partial charge in [-0.3, -0.25) is 0 Å². The molecule has 0 aromatic rings. The second-order valence-corrected chi connectivity index (χ2v) is 7.12. The molecular formula is C14H29N3O2. The van der Waals surface area contributed by atoms with Crippen molar-refractivity contribution in [2.75, 3.05) is 19.6 Å². The summed E-state index contributed by atoms with van der Waals surface area (Å²) in [5.74, 6) is 0.482. The van der Waals surface area contributed by atoms with Gasteiger partial charge in [0.1, 0.15) is 5.60 Å². The Morgan fingerprint density at radius 3 is 2.53 bits per heavy atom. The van der Waals surface area contributed by atoms with Crippen LogP contribution in [0.2, 0.25) is 0 Å². The van der Waals surface area contributed by atoms with Crippen molar-refractivity contribution in [2.24, 2.45) is 17.1 Å². The summed E-state index contributed by atoms with van der Waals surface area (Å²) < 4.78 is 5.24. The standard InChI is InChI=1S/C14H29N3O2/c1-13(2,3)19-12(18)17-9-14(4,5)11(15)10-6-7-16-8-10/h10-11,16H,6-9,15H2,1-5H3,(H,17,18). The number of carbonyl (C=O) groups is 1. The zero-order valence-electron chi connectivity index (χ0n) is 12.9. The smallest absolute Gasteiger partial charge is 0.407 e. The van der Waals surface area contributed by atoms with Gasteiger partial charge in [-0.15, -0.1) is 0 Å². The van der Waals surface area contributed by atoms with Crippen LogP contribution in [0.1, 0.15) is 41.0 Å². The molecule has 0 aromatic carbocycles. The number of alkyl carbamates (subject to hydrolysis) is 1. The molecule has 112 valence electrons. The van der Waals surface area contributed by atoms with Crippen LogP contribution < -0.4 is 16.4 Å². The lowest BCUT2D eigenvalue weighted by molar-refractivity contribution is 0.0495. The van der Waals surface area contributed by atoms with Crippen molar-refractivity contribution < 1.29 is 9.53 Å². The highest BCUT2D eigenvalue weighted by molar-refractivity contribution is 5.67. The van der Waals surface area contributed by atoms with E-state index in [-0.39, 0.29) is 17.6 Å². The maximum Gasteiger partial charge on any atom is 0.407 e. The van der Waals surface area contributed by atoms with Crippen molar-refractivity contribution in [1.29, 1.82) is 0 Å². The van der Waals surface area contributed by atoms with E-state index in [9.17, 15) is 4.79 Å². The highest BCUT2D eigenvalue weighted by Crippen LogP contribution is 2.27. The van der Waals surface area contributed by atoms with Crippen molar-refractivity contribution in [3.63, 3.8) is 0 Å².